The van der Waals surface area contributed by atoms with Crippen LogP contribution in [-0.2, 0) is 0 Å². The summed E-state index contributed by atoms with van der Waals surface area (Å²) >= 11 is 2.03. The molecular formula is C16H22FIN2O. The molecule has 0 spiro atoms. The molecule has 0 unspecified atom stereocenters. The molecule has 21 heavy (non-hydrogen) atoms. The smallest absolute Gasteiger partial charge is 0.254 e. The minimum Gasteiger partial charge on any atom is -0.352 e. The SMILES string of the molecule is O=C(NCCCN1CCCCCC1)c1ccc(I)cc1F. The van der Waals surface area contributed by atoms with Gasteiger partial charge in [0.25, 0.3) is 5.91 Å². The van der Waals surface area contributed by atoms with E-state index in [-0.39, 0.29) is 11.5 Å². The Bertz CT molecular complexity index is 473. The first-order chi connectivity index (χ1) is 10.2. The zero-order valence-corrected chi connectivity index (χ0v) is 14.4. The Morgan fingerprint density at radius 1 is 1.24 bits per heavy atom. The first-order valence-electron chi connectivity index (χ1n) is 7.62. The zero-order chi connectivity index (χ0) is 15.1. The van der Waals surface area contributed by atoms with Gasteiger partial charge in [-0.05, 0) is 79.7 Å². The number of nitrogens with zero attached hydrogens (tertiary/aromatic N) is 1. The van der Waals surface area contributed by atoms with E-state index in [1.165, 1.54) is 44.8 Å². The van der Waals surface area contributed by atoms with Crippen LogP contribution in [0.2, 0.25) is 0 Å². The lowest BCUT2D eigenvalue weighted by Gasteiger charge is -2.19. The van der Waals surface area contributed by atoms with Crippen molar-refractivity contribution < 1.29 is 9.18 Å². The van der Waals surface area contributed by atoms with E-state index >= 15 is 0 Å². The lowest BCUT2D eigenvalue weighted by molar-refractivity contribution is 0.0947. The van der Waals surface area contributed by atoms with Crippen molar-refractivity contribution in [1.29, 1.82) is 0 Å². The van der Waals surface area contributed by atoms with Crippen LogP contribution < -0.4 is 5.32 Å². The van der Waals surface area contributed by atoms with Gasteiger partial charge in [-0.25, -0.2) is 4.39 Å². The molecule has 2 rings (SSSR count). The van der Waals surface area contributed by atoms with Crippen LogP contribution >= 0.6 is 22.6 Å². The average molecular weight is 404 g/mol. The van der Waals surface area contributed by atoms with Crippen LogP contribution in [0.1, 0.15) is 42.5 Å². The molecule has 1 heterocycles. The second-order valence-electron chi connectivity index (χ2n) is 5.49. The second-order valence-corrected chi connectivity index (χ2v) is 6.74. The Kier molecular flexibility index (Phi) is 6.89. The fraction of sp³-hybridized carbons (Fsp3) is 0.562. The summed E-state index contributed by atoms with van der Waals surface area (Å²) in [6.07, 6.45) is 6.14. The first-order valence-corrected chi connectivity index (χ1v) is 8.70. The van der Waals surface area contributed by atoms with E-state index in [1.807, 2.05) is 22.6 Å². The summed E-state index contributed by atoms with van der Waals surface area (Å²) in [6, 6.07) is 4.67. The van der Waals surface area contributed by atoms with Crippen molar-refractivity contribution in [2.45, 2.75) is 32.1 Å². The van der Waals surface area contributed by atoms with Crippen molar-refractivity contribution >= 4 is 28.5 Å². The summed E-state index contributed by atoms with van der Waals surface area (Å²) < 4.78 is 14.5. The van der Waals surface area contributed by atoms with Crippen molar-refractivity contribution in [3.8, 4) is 0 Å². The molecule has 0 radical (unpaired) electrons. The van der Waals surface area contributed by atoms with Gasteiger partial charge in [-0.2, -0.15) is 0 Å². The van der Waals surface area contributed by atoms with Gasteiger partial charge in [-0.1, -0.05) is 12.8 Å². The van der Waals surface area contributed by atoms with Crippen LogP contribution in [0, 0.1) is 9.39 Å². The summed E-state index contributed by atoms with van der Waals surface area (Å²) in [5.74, 6) is -0.772. The van der Waals surface area contributed by atoms with E-state index < -0.39 is 5.82 Å². The highest BCUT2D eigenvalue weighted by Crippen LogP contribution is 2.12. The number of carbonyl (C=O) groups excluding carboxylic acids is 1. The first kappa shape index (κ1) is 16.7. The molecule has 1 aromatic carbocycles. The largest absolute Gasteiger partial charge is 0.352 e. The number of benzene rings is 1. The number of halogens is 2. The number of rotatable bonds is 5. The molecule has 3 nitrogen and oxygen atoms in total. The van der Waals surface area contributed by atoms with Gasteiger partial charge in [0, 0.05) is 10.1 Å². The highest BCUT2D eigenvalue weighted by atomic mass is 127. The van der Waals surface area contributed by atoms with Crippen molar-refractivity contribution in [3.63, 3.8) is 0 Å². The number of nitrogens with one attached hydrogen (secondary N) is 1. The van der Waals surface area contributed by atoms with Crippen LogP contribution in [0.15, 0.2) is 18.2 Å². The van der Waals surface area contributed by atoms with Crippen LogP contribution in [0.5, 0.6) is 0 Å². The van der Waals surface area contributed by atoms with Crippen molar-refractivity contribution in [2.24, 2.45) is 0 Å². The molecular weight excluding hydrogens is 382 g/mol. The highest BCUT2D eigenvalue weighted by molar-refractivity contribution is 14.1. The summed E-state index contributed by atoms with van der Waals surface area (Å²) in [7, 11) is 0. The molecule has 0 aromatic heterocycles. The normalized spacial score (nSPS) is 16.5. The highest BCUT2D eigenvalue weighted by Gasteiger charge is 2.12. The van der Waals surface area contributed by atoms with Gasteiger partial charge < -0.3 is 10.2 Å². The van der Waals surface area contributed by atoms with Gasteiger partial charge in [-0.15, -0.1) is 0 Å². The average Bonchev–Trinajstić information content (AvgIpc) is 2.72. The van der Waals surface area contributed by atoms with Gasteiger partial charge in [0.1, 0.15) is 5.82 Å². The minimum absolute atomic E-state index is 0.130. The molecule has 0 aliphatic carbocycles. The van der Waals surface area contributed by atoms with Gasteiger partial charge >= 0.3 is 0 Å². The van der Waals surface area contributed by atoms with Gasteiger partial charge in [0.05, 0.1) is 5.56 Å². The number of likely N-dealkylation sites (tertiary alicyclic amines) is 1. The third-order valence-corrected chi connectivity index (χ3v) is 4.48. The molecule has 5 heteroatoms. The van der Waals surface area contributed by atoms with Crippen LogP contribution in [0.25, 0.3) is 0 Å². The third kappa shape index (κ3) is 5.54. The van der Waals surface area contributed by atoms with E-state index in [0.717, 1.165) is 16.5 Å². The monoisotopic (exact) mass is 404 g/mol. The van der Waals surface area contributed by atoms with E-state index in [1.54, 1.807) is 12.1 Å². The fourth-order valence-corrected chi connectivity index (χ4v) is 3.09. The number of hydrogen-bond acceptors (Lipinski definition) is 2. The van der Waals surface area contributed by atoms with E-state index in [0.29, 0.717) is 6.54 Å². The molecule has 1 saturated heterocycles. The topological polar surface area (TPSA) is 32.3 Å². The maximum Gasteiger partial charge on any atom is 0.254 e. The second kappa shape index (κ2) is 8.68. The maximum absolute atomic E-state index is 13.7. The van der Waals surface area contributed by atoms with E-state index in [2.05, 4.69) is 10.2 Å². The molecule has 1 N–H and O–H groups in total. The molecule has 1 aromatic rings. The Balaban J connectivity index is 1.71. The Hall–Kier alpha value is -0.690. The number of amides is 1. The van der Waals surface area contributed by atoms with Gasteiger partial charge in [0.15, 0.2) is 0 Å². The molecule has 116 valence electrons. The van der Waals surface area contributed by atoms with E-state index in [4.69, 9.17) is 0 Å². The van der Waals surface area contributed by atoms with E-state index in [9.17, 15) is 9.18 Å². The third-order valence-electron chi connectivity index (χ3n) is 3.81. The summed E-state index contributed by atoms with van der Waals surface area (Å²) in [6.45, 7) is 3.94. The molecule has 0 atom stereocenters. The summed E-state index contributed by atoms with van der Waals surface area (Å²) in [5, 5.41) is 2.81. The Morgan fingerprint density at radius 2 is 1.95 bits per heavy atom. The molecule has 1 amide bonds. The predicted octanol–water partition coefficient (Wildman–Crippen LogP) is 3.43. The summed E-state index contributed by atoms with van der Waals surface area (Å²) in [5.41, 5.74) is 0.130. The van der Waals surface area contributed by atoms with Crippen molar-refractivity contribution in [1.82, 2.24) is 10.2 Å². The van der Waals surface area contributed by atoms with Crippen molar-refractivity contribution in [2.75, 3.05) is 26.2 Å². The molecule has 1 fully saturated rings. The lowest BCUT2D eigenvalue weighted by Crippen LogP contribution is -2.31. The predicted molar refractivity (Wildman–Crippen MR) is 91.0 cm³/mol. The Labute approximate surface area is 139 Å². The standard InChI is InChI=1S/C16H22FIN2O/c17-15-12-13(18)6-7-14(15)16(21)19-8-5-11-20-9-3-1-2-4-10-20/h6-7,12H,1-5,8-11H2,(H,19,21). The molecule has 0 bridgehead atoms. The summed E-state index contributed by atoms with van der Waals surface area (Å²) in [4.78, 5) is 14.4. The quantitative estimate of drug-likeness (QED) is 0.603. The molecule has 1 aliphatic rings. The van der Waals surface area contributed by atoms with Gasteiger partial charge in [-0.3, -0.25) is 4.79 Å². The lowest BCUT2D eigenvalue weighted by atomic mass is 10.2. The van der Waals surface area contributed by atoms with Crippen LogP contribution in [0.4, 0.5) is 4.39 Å². The Morgan fingerprint density at radius 3 is 2.62 bits per heavy atom. The van der Waals surface area contributed by atoms with Crippen LogP contribution in [-0.4, -0.2) is 37.0 Å². The van der Waals surface area contributed by atoms with Crippen LogP contribution in [0.3, 0.4) is 0 Å². The number of carbonyl (C=O) groups is 1. The maximum atomic E-state index is 13.7. The van der Waals surface area contributed by atoms with Crippen molar-refractivity contribution in [3.05, 3.63) is 33.1 Å². The minimum atomic E-state index is -0.452. The zero-order valence-electron chi connectivity index (χ0n) is 12.2. The molecule has 0 saturated carbocycles. The number of hydrogen-bond donors (Lipinski definition) is 1. The molecule has 1 aliphatic heterocycles. The fourth-order valence-electron chi connectivity index (χ4n) is 2.63. The van der Waals surface area contributed by atoms with Gasteiger partial charge in [0.2, 0.25) is 0 Å².